The number of aliphatic hydroxyl groups is 2. The van der Waals surface area contributed by atoms with Crippen LogP contribution in [0.2, 0.25) is 0 Å². The van der Waals surface area contributed by atoms with Crippen LogP contribution in [0, 0.1) is 12.8 Å². The van der Waals surface area contributed by atoms with Crippen LogP contribution >= 0.6 is 11.3 Å². The van der Waals surface area contributed by atoms with Crippen molar-refractivity contribution in [2.24, 2.45) is 5.92 Å². The second kappa shape index (κ2) is 11.6. The van der Waals surface area contributed by atoms with Crippen LogP contribution < -0.4 is 16.0 Å². The molecule has 4 aromatic rings. The van der Waals surface area contributed by atoms with E-state index in [2.05, 4.69) is 30.9 Å². The highest BCUT2D eigenvalue weighted by molar-refractivity contribution is 7.21. The molecular formula is C28H32N8O4S. The summed E-state index contributed by atoms with van der Waals surface area (Å²) in [6.07, 6.45) is 4.96. The standard InChI is InChI=1S/C28H32N8O4S/c1-14-20(27-35-22-19(41-27)7-10-30-21(22)15-3-4-15)25(36-28(32-14)31-11-12-40-2)34-18-13-17(23(37)24(18)38)26(39)33-16-5-8-29-9-6-16/h5-10,15,17-18,23-24,37-38H,3-4,11-13H2,1-2H3,(H,29,33,39)(H2,31,32,34,36)/t17-,18+,23+,24-/m0/s1. The number of aliphatic hydroxyl groups excluding tert-OH is 2. The number of aromatic nitrogens is 5. The van der Waals surface area contributed by atoms with Crippen molar-refractivity contribution in [3.05, 3.63) is 48.2 Å². The number of methoxy groups -OCH3 is 1. The monoisotopic (exact) mass is 576 g/mol. The summed E-state index contributed by atoms with van der Waals surface area (Å²) in [5, 5.41) is 31.9. The Morgan fingerprint density at radius 1 is 1.10 bits per heavy atom. The summed E-state index contributed by atoms with van der Waals surface area (Å²) in [5.41, 5.74) is 3.89. The molecule has 2 saturated carbocycles. The van der Waals surface area contributed by atoms with Crippen LogP contribution in [-0.2, 0) is 9.53 Å². The van der Waals surface area contributed by atoms with E-state index in [0.717, 1.165) is 33.8 Å². The van der Waals surface area contributed by atoms with Crippen LogP contribution in [0.3, 0.4) is 0 Å². The molecule has 1 amide bonds. The Hall–Kier alpha value is -3.78. The number of nitrogens with zero attached hydrogens (tertiary/aromatic N) is 5. The largest absolute Gasteiger partial charge is 0.390 e. The second-order valence-electron chi connectivity index (χ2n) is 10.4. The van der Waals surface area contributed by atoms with Gasteiger partial charge in [0.1, 0.15) is 22.4 Å². The molecule has 2 fully saturated rings. The Labute approximate surface area is 240 Å². The molecule has 0 saturated heterocycles. The lowest BCUT2D eigenvalue weighted by Gasteiger charge is -2.21. The number of fused-ring (bicyclic) bond motifs is 1. The van der Waals surface area contributed by atoms with Crippen LogP contribution in [0.4, 0.5) is 17.5 Å². The van der Waals surface area contributed by atoms with E-state index in [4.69, 9.17) is 14.7 Å². The van der Waals surface area contributed by atoms with Gasteiger partial charge < -0.3 is 30.9 Å². The molecule has 0 aromatic carbocycles. The van der Waals surface area contributed by atoms with Crippen LogP contribution in [-0.4, -0.2) is 79.6 Å². The number of hydrogen-bond donors (Lipinski definition) is 5. The zero-order valence-electron chi connectivity index (χ0n) is 22.7. The molecule has 12 nitrogen and oxygen atoms in total. The number of pyridine rings is 2. The first-order valence-corrected chi connectivity index (χ1v) is 14.5. The molecule has 13 heteroatoms. The first-order chi connectivity index (χ1) is 19.9. The first kappa shape index (κ1) is 27.4. The number of nitrogens with one attached hydrogen (secondary N) is 3. The fraction of sp³-hybridized carbons (Fsp3) is 0.429. The Morgan fingerprint density at radius 2 is 1.90 bits per heavy atom. The fourth-order valence-corrected chi connectivity index (χ4v) is 6.26. The second-order valence-corrected chi connectivity index (χ2v) is 11.4. The van der Waals surface area contributed by atoms with E-state index in [0.29, 0.717) is 47.8 Å². The van der Waals surface area contributed by atoms with E-state index in [1.54, 1.807) is 31.6 Å². The van der Waals surface area contributed by atoms with Gasteiger partial charge in [0.25, 0.3) is 0 Å². The molecule has 2 aliphatic rings. The highest BCUT2D eigenvalue weighted by Crippen LogP contribution is 2.44. The molecule has 41 heavy (non-hydrogen) atoms. The Bertz CT molecular complexity index is 1550. The van der Waals surface area contributed by atoms with E-state index in [1.165, 1.54) is 11.3 Å². The predicted molar refractivity (Wildman–Crippen MR) is 156 cm³/mol. The van der Waals surface area contributed by atoms with E-state index in [9.17, 15) is 15.0 Å². The lowest BCUT2D eigenvalue weighted by atomic mass is 10.0. The lowest BCUT2D eigenvalue weighted by Crippen LogP contribution is -2.37. The number of ether oxygens (including phenoxy) is 1. The van der Waals surface area contributed by atoms with Crippen LogP contribution in [0.5, 0.6) is 0 Å². The summed E-state index contributed by atoms with van der Waals surface area (Å²) in [4.78, 5) is 36.0. The minimum atomic E-state index is -1.25. The maximum atomic E-state index is 13.0. The van der Waals surface area contributed by atoms with Crippen LogP contribution in [0.1, 0.15) is 36.6 Å². The van der Waals surface area contributed by atoms with Gasteiger partial charge in [-0.1, -0.05) is 0 Å². The summed E-state index contributed by atoms with van der Waals surface area (Å²) in [6.45, 7) is 2.87. The SMILES string of the molecule is COCCNc1nc(C)c(-c2nc3c(C4CC4)nccc3s2)c(N[C@@H]2C[C@H](C(=O)Nc3ccncc3)[C@@H](O)[C@H]2O)n1. The van der Waals surface area contributed by atoms with Crippen molar-refractivity contribution in [2.75, 3.05) is 36.2 Å². The van der Waals surface area contributed by atoms with Crippen LogP contribution in [0.25, 0.3) is 20.8 Å². The van der Waals surface area contributed by atoms with Gasteiger partial charge in [-0.25, -0.2) is 9.97 Å². The first-order valence-electron chi connectivity index (χ1n) is 13.6. The molecule has 0 spiro atoms. The number of aryl methyl sites for hydroxylation is 1. The maximum absolute atomic E-state index is 13.0. The topological polar surface area (TPSA) is 167 Å². The Morgan fingerprint density at radius 3 is 2.66 bits per heavy atom. The molecule has 0 aliphatic heterocycles. The third-order valence-corrected chi connectivity index (χ3v) is 8.52. The van der Waals surface area contributed by atoms with Crippen molar-refractivity contribution in [2.45, 2.75) is 50.4 Å². The van der Waals surface area contributed by atoms with Gasteiger partial charge in [0.05, 0.1) is 46.3 Å². The number of anilines is 3. The van der Waals surface area contributed by atoms with Gasteiger partial charge in [0.2, 0.25) is 11.9 Å². The van der Waals surface area contributed by atoms with Gasteiger partial charge in [0.15, 0.2) is 0 Å². The fourth-order valence-electron chi connectivity index (χ4n) is 5.20. The summed E-state index contributed by atoms with van der Waals surface area (Å²) in [7, 11) is 1.62. The third kappa shape index (κ3) is 5.71. The Balaban J connectivity index is 1.31. The van der Waals surface area contributed by atoms with Gasteiger partial charge >= 0.3 is 0 Å². The van der Waals surface area contributed by atoms with Crippen molar-refractivity contribution in [1.82, 2.24) is 24.9 Å². The highest BCUT2D eigenvalue weighted by Gasteiger charge is 2.45. The molecule has 4 aromatic heterocycles. The van der Waals surface area contributed by atoms with E-state index in [1.807, 2.05) is 19.2 Å². The number of amides is 1. The van der Waals surface area contributed by atoms with Gasteiger partial charge in [-0.05, 0) is 44.4 Å². The van der Waals surface area contributed by atoms with Crippen molar-refractivity contribution in [1.29, 1.82) is 0 Å². The van der Waals surface area contributed by atoms with Gasteiger partial charge in [-0.2, -0.15) is 4.98 Å². The molecule has 5 N–H and O–H groups in total. The predicted octanol–water partition coefficient (Wildman–Crippen LogP) is 2.95. The van der Waals surface area contributed by atoms with Gasteiger partial charge in [-0.15, -0.1) is 11.3 Å². The van der Waals surface area contributed by atoms with Crippen molar-refractivity contribution < 1.29 is 19.7 Å². The van der Waals surface area contributed by atoms with Gasteiger partial charge in [-0.3, -0.25) is 14.8 Å². The number of hydrogen-bond acceptors (Lipinski definition) is 12. The van der Waals surface area contributed by atoms with E-state index >= 15 is 0 Å². The summed E-state index contributed by atoms with van der Waals surface area (Å²) >= 11 is 1.54. The molecule has 214 valence electrons. The van der Waals surface area contributed by atoms with Crippen molar-refractivity contribution in [3.63, 3.8) is 0 Å². The number of rotatable bonds is 10. The Kier molecular flexibility index (Phi) is 7.75. The number of thiazole rings is 1. The minimum absolute atomic E-state index is 0.198. The van der Waals surface area contributed by atoms with E-state index < -0.39 is 24.2 Å². The van der Waals surface area contributed by atoms with Crippen LogP contribution in [0.15, 0.2) is 36.8 Å². The number of carbonyl (C=O) groups is 1. The average molecular weight is 577 g/mol. The highest BCUT2D eigenvalue weighted by atomic mass is 32.1. The molecule has 4 heterocycles. The normalized spacial score (nSPS) is 22.1. The zero-order chi connectivity index (χ0) is 28.5. The lowest BCUT2D eigenvalue weighted by molar-refractivity contribution is -0.123. The molecular weight excluding hydrogens is 544 g/mol. The average Bonchev–Trinajstić information content (AvgIpc) is 3.66. The number of carbonyl (C=O) groups excluding carboxylic acids is 1. The smallest absolute Gasteiger partial charge is 0.230 e. The molecule has 2 aliphatic carbocycles. The van der Waals surface area contributed by atoms with Crippen molar-refractivity contribution in [3.8, 4) is 10.6 Å². The maximum Gasteiger partial charge on any atom is 0.230 e. The van der Waals surface area contributed by atoms with Gasteiger partial charge in [0, 0.05) is 43.9 Å². The molecule has 6 rings (SSSR count). The van der Waals surface area contributed by atoms with Crippen molar-refractivity contribution >= 4 is 44.9 Å². The summed E-state index contributed by atoms with van der Waals surface area (Å²) in [6, 6.07) is 4.66. The molecule has 0 unspecified atom stereocenters. The molecule has 0 bridgehead atoms. The summed E-state index contributed by atoms with van der Waals surface area (Å²) < 4.78 is 6.18. The molecule has 4 atom stereocenters. The molecule has 0 radical (unpaired) electrons. The third-order valence-electron chi connectivity index (χ3n) is 7.48. The zero-order valence-corrected chi connectivity index (χ0v) is 23.6. The summed E-state index contributed by atoms with van der Waals surface area (Å²) in [5.74, 6) is 0.104. The minimum Gasteiger partial charge on any atom is -0.390 e. The quantitative estimate of drug-likeness (QED) is 0.176. The van der Waals surface area contributed by atoms with E-state index in [-0.39, 0.29) is 12.3 Å².